The van der Waals surface area contributed by atoms with Crippen LogP contribution >= 0.6 is 0 Å². The van der Waals surface area contributed by atoms with E-state index in [1.165, 1.54) is 18.2 Å². The molecule has 0 N–H and O–H groups in total. The Bertz CT molecular complexity index is 1030. The average Bonchev–Trinajstić information content (AvgIpc) is 2.75. The lowest BCUT2D eigenvalue weighted by molar-refractivity contribution is -0.450. The van der Waals surface area contributed by atoms with Gasteiger partial charge in [0, 0.05) is 6.08 Å². The highest BCUT2D eigenvalue weighted by Crippen LogP contribution is 2.62. The summed E-state index contributed by atoms with van der Waals surface area (Å²) in [4.78, 5) is 20.7. The SMILES string of the molecule is O=C(OCC(=Cc1ccccc1)[N+](=O)[O-])C(F)(F)C(F)(F)C(F)(F)C(F)(F)C(F)(F)C(F)(F)C(F)(F)F. The monoisotopic (exact) mass is 575 g/mol. The largest absolute Gasteiger partial charge is 0.460 e. The Morgan fingerprint density at radius 2 is 1.14 bits per heavy atom. The first-order chi connectivity index (χ1) is 16.3. The van der Waals surface area contributed by atoms with Crippen LogP contribution < -0.4 is 0 Å². The third kappa shape index (κ3) is 5.13. The number of alkyl halides is 15. The van der Waals surface area contributed by atoms with Gasteiger partial charge in [0.15, 0.2) is 6.61 Å². The predicted octanol–water partition coefficient (Wildman–Crippen LogP) is 6.22. The molecule has 0 aromatic heterocycles. The standard InChI is InChI=1S/C17H8F15NO4/c18-11(19,10(34)37-7-9(33(35)36)6-8-4-2-1-3-5-8)12(20,21)13(22,23)14(24,25)15(26,27)16(28,29)17(30,31)32/h1-6H,7H2. The molecule has 1 rings (SSSR count). The zero-order valence-electron chi connectivity index (χ0n) is 16.9. The number of benzene rings is 1. The zero-order valence-corrected chi connectivity index (χ0v) is 16.9. The molecule has 0 saturated heterocycles. The van der Waals surface area contributed by atoms with Crippen LogP contribution in [-0.4, -0.2) is 59.2 Å². The summed E-state index contributed by atoms with van der Waals surface area (Å²) < 4.78 is 200. The zero-order chi connectivity index (χ0) is 29.5. The van der Waals surface area contributed by atoms with E-state index in [2.05, 4.69) is 4.74 Å². The summed E-state index contributed by atoms with van der Waals surface area (Å²) in [6, 6.07) is 6.12. The molecule has 0 fully saturated rings. The van der Waals surface area contributed by atoms with E-state index < -0.39 is 64.9 Å². The van der Waals surface area contributed by atoms with Crippen molar-refractivity contribution in [3.05, 3.63) is 51.7 Å². The summed E-state index contributed by atoms with van der Waals surface area (Å²) in [5.74, 6) is -53.1. The van der Waals surface area contributed by atoms with Crippen molar-refractivity contribution in [1.82, 2.24) is 0 Å². The van der Waals surface area contributed by atoms with Gasteiger partial charge in [-0.15, -0.1) is 0 Å². The Labute approximate surface area is 193 Å². The molecular weight excluding hydrogens is 567 g/mol. The molecule has 0 amide bonds. The Hall–Kier alpha value is -3.22. The topological polar surface area (TPSA) is 69.4 Å². The lowest BCUT2D eigenvalue weighted by Crippen LogP contribution is -2.73. The molecule has 37 heavy (non-hydrogen) atoms. The Balaban J connectivity index is 3.38. The Morgan fingerprint density at radius 1 is 0.730 bits per heavy atom. The first-order valence-corrected chi connectivity index (χ1v) is 8.71. The summed E-state index contributed by atoms with van der Waals surface area (Å²) in [5.41, 5.74) is -1.52. The van der Waals surface area contributed by atoms with Gasteiger partial charge in [0.1, 0.15) is 0 Å². The number of carbonyl (C=O) groups excluding carboxylic acids is 1. The van der Waals surface area contributed by atoms with Gasteiger partial charge in [-0.1, -0.05) is 30.3 Å². The van der Waals surface area contributed by atoms with Gasteiger partial charge >= 0.3 is 47.7 Å². The molecule has 0 saturated carbocycles. The molecule has 0 unspecified atom stereocenters. The molecule has 0 radical (unpaired) electrons. The predicted molar refractivity (Wildman–Crippen MR) is 88.1 cm³/mol. The quantitative estimate of drug-likeness (QED) is 0.144. The first-order valence-electron chi connectivity index (χ1n) is 8.71. The second-order valence-corrected chi connectivity index (χ2v) is 6.82. The fraction of sp³-hybridized carbons (Fsp3) is 0.471. The summed E-state index contributed by atoms with van der Waals surface area (Å²) in [7, 11) is 0. The second kappa shape index (κ2) is 9.58. The van der Waals surface area contributed by atoms with Crippen molar-refractivity contribution in [2.75, 3.05) is 6.61 Å². The average molecular weight is 575 g/mol. The van der Waals surface area contributed by atoms with Gasteiger partial charge in [0.2, 0.25) is 0 Å². The van der Waals surface area contributed by atoms with E-state index >= 15 is 0 Å². The molecule has 0 spiro atoms. The van der Waals surface area contributed by atoms with Crippen molar-refractivity contribution in [3.8, 4) is 0 Å². The van der Waals surface area contributed by atoms with E-state index in [4.69, 9.17) is 0 Å². The second-order valence-electron chi connectivity index (χ2n) is 6.82. The van der Waals surface area contributed by atoms with E-state index in [0.717, 1.165) is 12.1 Å². The number of hydrogen-bond acceptors (Lipinski definition) is 4. The summed E-state index contributed by atoms with van der Waals surface area (Å²) in [5, 5.41) is 10.9. The van der Waals surface area contributed by atoms with Crippen molar-refractivity contribution >= 4 is 12.0 Å². The number of esters is 1. The molecule has 0 aliphatic rings. The van der Waals surface area contributed by atoms with Crippen LogP contribution in [0.1, 0.15) is 5.56 Å². The summed E-state index contributed by atoms with van der Waals surface area (Å²) in [6.45, 7) is -2.04. The van der Waals surface area contributed by atoms with Gasteiger partial charge in [-0.05, 0) is 5.56 Å². The van der Waals surface area contributed by atoms with Crippen molar-refractivity contribution in [2.45, 2.75) is 41.7 Å². The molecular formula is C17H8F15NO4. The van der Waals surface area contributed by atoms with Crippen LogP contribution in [0.15, 0.2) is 36.0 Å². The molecule has 0 heterocycles. The molecule has 0 atom stereocenters. The third-order valence-electron chi connectivity index (χ3n) is 4.30. The number of hydrogen-bond donors (Lipinski definition) is 0. The lowest BCUT2D eigenvalue weighted by atomic mass is 9.91. The highest BCUT2D eigenvalue weighted by atomic mass is 19.4. The maximum absolute atomic E-state index is 13.7. The van der Waals surface area contributed by atoms with Crippen LogP contribution in [0.5, 0.6) is 0 Å². The summed E-state index contributed by atoms with van der Waals surface area (Å²) >= 11 is 0. The van der Waals surface area contributed by atoms with Crippen molar-refractivity contribution in [1.29, 1.82) is 0 Å². The molecule has 1 aromatic carbocycles. The van der Waals surface area contributed by atoms with E-state index in [1.807, 2.05) is 0 Å². The van der Waals surface area contributed by atoms with Crippen molar-refractivity contribution in [3.63, 3.8) is 0 Å². The molecule has 0 bridgehead atoms. The smallest absolute Gasteiger partial charge is 0.449 e. The van der Waals surface area contributed by atoms with E-state index in [9.17, 15) is 80.8 Å². The minimum Gasteiger partial charge on any atom is -0.449 e. The van der Waals surface area contributed by atoms with E-state index in [0.29, 0.717) is 6.08 Å². The number of nitro groups is 1. The van der Waals surface area contributed by atoms with E-state index in [1.54, 1.807) is 0 Å². The third-order valence-corrected chi connectivity index (χ3v) is 4.30. The maximum atomic E-state index is 13.7. The highest BCUT2D eigenvalue weighted by molar-refractivity contribution is 5.79. The van der Waals surface area contributed by atoms with Gasteiger partial charge in [-0.2, -0.15) is 65.9 Å². The molecule has 1 aromatic rings. The molecule has 20 heteroatoms. The first kappa shape index (κ1) is 31.8. The van der Waals surface area contributed by atoms with Gasteiger partial charge in [-0.25, -0.2) is 4.79 Å². The Kier molecular flexibility index (Phi) is 8.24. The maximum Gasteiger partial charge on any atom is 0.460 e. The van der Waals surface area contributed by atoms with Crippen LogP contribution in [0.3, 0.4) is 0 Å². The van der Waals surface area contributed by atoms with Crippen LogP contribution in [0, 0.1) is 10.1 Å². The van der Waals surface area contributed by atoms with Crippen LogP contribution in [0.2, 0.25) is 0 Å². The van der Waals surface area contributed by atoms with Crippen LogP contribution in [0.4, 0.5) is 65.9 Å². The number of ether oxygens (including phenoxy) is 1. The number of nitrogens with zero attached hydrogens (tertiary/aromatic N) is 1. The molecule has 0 aliphatic heterocycles. The lowest BCUT2D eigenvalue weighted by Gasteiger charge is -2.40. The van der Waals surface area contributed by atoms with Crippen LogP contribution in [-0.2, 0) is 9.53 Å². The number of carbonyl (C=O) groups is 1. The normalized spacial score (nSPS) is 14.9. The van der Waals surface area contributed by atoms with Crippen LogP contribution in [0.25, 0.3) is 6.08 Å². The molecule has 5 nitrogen and oxygen atoms in total. The Morgan fingerprint density at radius 3 is 1.54 bits per heavy atom. The van der Waals surface area contributed by atoms with Gasteiger partial charge in [0.25, 0.3) is 5.70 Å². The summed E-state index contributed by atoms with van der Waals surface area (Å²) in [6.07, 6.45) is -7.30. The highest BCUT2D eigenvalue weighted by Gasteiger charge is 2.94. The molecule has 210 valence electrons. The van der Waals surface area contributed by atoms with Crippen molar-refractivity contribution < 1.29 is 80.3 Å². The molecule has 0 aliphatic carbocycles. The minimum absolute atomic E-state index is 0.110. The van der Waals surface area contributed by atoms with Crippen molar-refractivity contribution in [2.24, 2.45) is 0 Å². The number of rotatable bonds is 10. The minimum atomic E-state index is -8.58. The van der Waals surface area contributed by atoms with Gasteiger partial charge in [-0.3, -0.25) is 10.1 Å². The number of halogens is 15. The van der Waals surface area contributed by atoms with Gasteiger partial charge in [0.05, 0.1) is 4.92 Å². The fourth-order valence-corrected chi connectivity index (χ4v) is 2.21. The van der Waals surface area contributed by atoms with E-state index in [-0.39, 0.29) is 5.56 Å². The van der Waals surface area contributed by atoms with Gasteiger partial charge < -0.3 is 4.74 Å². The fourth-order valence-electron chi connectivity index (χ4n) is 2.21.